The molecule has 1 aliphatic rings. The van der Waals surface area contributed by atoms with Crippen molar-refractivity contribution < 1.29 is 0 Å². The summed E-state index contributed by atoms with van der Waals surface area (Å²) < 4.78 is 0. The molecular formula is C10H15N5. The van der Waals surface area contributed by atoms with Crippen LogP contribution >= 0.6 is 0 Å². The smallest absolute Gasteiger partial charge is 0.225 e. The van der Waals surface area contributed by atoms with Gasteiger partial charge in [0.15, 0.2) is 0 Å². The summed E-state index contributed by atoms with van der Waals surface area (Å²) in [4.78, 5) is 10.6. The van der Waals surface area contributed by atoms with Gasteiger partial charge in [-0.3, -0.25) is 5.41 Å². The van der Waals surface area contributed by atoms with Crippen molar-refractivity contribution in [1.82, 2.24) is 9.97 Å². The number of hydrogen-bond donors (Lipinski definition) is 2. The summed E-state index contributed by atoms with van der Waals surface area (Å²) in [5, 5.41) is 7.31. The van der Waals surface area contributed by atoms with Crippen molar-refractivity contribution in [3.8, 4) is 0 Å². The van der Waals surface area contributed by atoms with E-state index in [2.05, 4.69) is 14.9 Å². The molecule has 0 amide bonds. The Morgan fingerprint density at radius 1 is 1.33 bits per heavy atom. The molecule has 0 spiro atoms. The second-order valence-electron chi connectivity index (χ2n) is 3.70. The highest BCUT2D eigenvalue weighted by Crippen LogP contribution is 2.14. The third-order valence-corrected chi connectivity index (χ3v) is 2.56. The van der Waals surface area contributed by atoms with E-state index in [0.29, 0.717) is 11.6 Å². The van der Waals surface area contributed by atoms with E-state index in [1.54, 1.807) is 12.3 Å². The number of rotatable bonds is 2. The molecule has 0 bridgehead atoms. The van der Waals surface area contributed by atoms with Gasteiger partial charge in [-0.1, -0.05) is 0 Å². The maximum absolute atomic E-state index is 7.31. The van der Waals surface area contributed by atoms with E-state index in [1.165, 1.54) is 19.3 Å². The Kier molecular flexibility index (Phi) is 2.80. The Morgan fingerprint density at radius 2 is 2.07 bits per heavy atom. The maximum Gasteiger partial charge on any atom is 0.225 e. The average molecular weight is 205 g/mol. The number of nitrogen functional groups attached to an aromatic ring is 1. The first-order valence-corrected chi connectivity index (χ1v) is 5.20. The third-order valence-electron chi connectivity index (χ3n) is 2.56. The van der Waals surface area contributed by atoms with Crippen LogP contribution in [0.1, 0.15) is 25.0 Å². The van der Waals surface area contributed by atoms with Crippen LogP contribution in [0, 0.1) is 5.41 Å². The Bertz CT molecular complexity index is 357. The standard InChI is InChI=1S/C10H15N5/c11-9(12)8-4-5-13-10(14-8)15-6-2-1-3-7-15/h4-5H,1-3,6-7H2,(H3,11,12). The Labute approximate surface area is 88.8 Å². The van der Waals surface area contributed by atoms with E-state index in [0.717, 1.165) is 13.1 Å². The van der Waals surface area contributed by atoms with Gasteiger partial charge in [-0.15, -0.1) is 0 Å². The van der Waals surface area contributed by atoms with E-state index in [9.17, 15) is 0 Å². The fourth-order valence-electron chi connectivity index (χ4n) is 1.74. The lowest BCUT2D eigenvalue weighted by molar-refractivity contribution is 0.568. The molecule has 1 saturated heterocycles. The quantitative estimate of drug-likeness (QED) is 0.551. The molecule has 15 heavy (non-hydrogen) atoms. The SMILES string of the molecule is N=C(N)c1ccnc(N2CCCCC2)n1. The zero-order valence-corrected chi connectivity index (χ0v) is 8.61. The zero-order chi connectivity index (χ0) is 10.7. The summed E-state index contributed by atoms with van der Waals surface area (Å²) in [6.07, 6.45) is 5.32. The maximum atomic E-state index is 7.31. The molecule has 1 aromatic heterocycles. The van der Waals surface area contributed by atoms with E-state index in [-0.39, 0.29) is 5.84 Å². The van der Waals surface area contributed by atoms with Crippen molar-refractivity contribution in [1.29, 1.82) is 5.41 Å². The fraction of sp³-hybridized carbons (Fsp3) is 0.500. The number of nitrogens with zero attached hydrogens (tertiary/aromatic N) is 3. The molecule has 80 valence electrons. The van der Waals surface area contributed by atoms with Crippen molar-refractivity contribution in [2.24, 2.45) is 5.73 Å². The van der Waals surface area contributed by atoms with Crippen molar-refractivity contribution in [3.05, 3.63) is 18.0 Å². The van der Waals surface area contributed by atoms with Gasteiger partial charge >= 0.3 is 0 Å². The lowest BCUT2D eigenvalue weighted by Gasteiger charge is -2.26. The van der Waals surface area contributed by atoms with Crippen molar-refractivity contribution in [2.45, 2.75) is 19.3 Å². The molecule has 0 saturated carbocycles. The number of nitrogens with one attached hydrogen (secondary N) is 1. The summed E-state index contributed by atoms with van der Waals surface area (Å²) in [6.45, 7) is 2.00. The van der Waals surface area contributed by atoms with Crippen molar-refractivity contribution in [2.75, 3.05) is 18.0 Å². The summed E-state index contributed by atoms with van der Waals surface area (Å²) in [5.74, 6) is 0.693. The molecule has 1 fully saturated rings. The molecule has 0 radical (unpaired) electrons. The van der Waals surface area contributed by atoms with Crippen LogP contribution in [0.4, 0.5) is 5.95 Å². The number of anilines is 1. The zero-order valence-electron chi connectivity index (χ0n) is 8.61. The van der Waals surface area contributed by atoms with Gasteiger partial charge in [0.05, 0.1) is 0 Å². The number of nitrogens with two attached hydrogens (primary N) is 1. The van der Waals surface area contributed by atoms with Gasteiger partial charge in [-0.25, -0.2) is 9.97 Å². The highest BCUT2D eigenvalue weighted by atomic mass is 15.2. The van der Waals surface area contributed by atoms with Crippen LogP contribution in [0.5, 0.6) is 0 Å². The van der Waals surface area contributed by atoms with Gasteiger partial charge < -0.3 is 10.6 Å². The van der Waals surface area contributed by atoms with E-state index in [4.69, 9.17) is 11.1 Å². The minimum atomic E-state index is -0.00402. The fourth-order valence-corrected chi connectivity index (χ4v) is 1.74. The molecule has 0 unspecified atom stereocenters. The van der Waals surface area contributed by atoms with Gasteiger partial charge in [0.2, 0.25) is 5.95 Å². The van der Waals surface area contributed by atoms with Crippen LogP contribution in [0.3, 0.4) is 0 Å². The van der Waals surface area contributed by atoms with Crippen LogP contribution < -0.4 is 10.6 Å². The van der Waals surface area contributed by atoms with Crippen LogP contribution in [0.25, 0.3) is 0 Å². The molecule has 0 atom stereocenters. The number of piperidine rings is 1. The Morgan fingerprint density at radius 3 is 2.73 bits per heavy atom. The number of hydrogen-bond acceptors (Lipinski definition) is 4. The molecule has 5 nitrogen and oxygen atoms in total. The predicted octanol–water partition coefficient (Wildman–Crippen LogP) is 0.751. The first-order chi connectivity index (χ1) is 7.27. The van der Waals surface area contributed by atoms with Crippen LogP contribution in [-0.2, 0) is 0 Å². The largest absolute Gasteiger partial charge is 0.382 e. The summed E-state index contributed by atoms with van der Waals surface area (Å²) >= 11 is 0. The number of amidine groups is 1. The lowest BCUT2D eigenvalue weighted by Crippen LogP contribution is -2.31. The average Bonchev–Trinajstić information content (AvgIpc) is 2.30. The second-order valence-corrected chi connectivity index (χ2v) is 3.70. The Balaban J connectivity index is 2.19. The first kappa shape index (κ1) is 9.89. The van der Waals surface area contributed by atoms with E-state index in [1.807, 2.05) is 0 Å². The molecule has 0 aromatic carbocycles. The van der Waals surface area contributed by atoms with Gasteiger partial charge in [0.25, 0.3) is 0 Å². The van der Waals surface area contributed by atoms with E-state index < -0.39 is 0 Å². The molecule has 1 aromatic rings. The lowest BCUT2D eigenvalue weighted by atomic mass is 10.1. The van der Waals surface area contributed by atoms with Crippen molar-refractivity contribution in [3.63, 3.8) is 0 Å². The van der Waals surface area contributed by atoms with Crippen LogP contribution in [0.2, 0.25) is 0 Å². The van der Waals surface area contributed by atoms with Crippen LogP contribution in [0.15, 0.2) is 12.3 Å². The van der Waals surface area contributed by atoms with Crippen molar-refractivity contribution >= 4 is 11.8 Å². The molecule has 3 N–H and O–H groups in total. The molecular weight excluding hydrogens is 190 g/mol. The third kappa shape index (κ3) is 2.23. The van der Waals surface area contributed by atoms with Gasteiger partial charge in [-0.2, -0.15) is 0 Å². The molecule has 2 heterocycles. The topological polar surface area (TPSA) is 78.9 Å². The summed E-state index contributed by atoms with van der Waals surface area (Å²) in [6, 6.07) is 1.66. The van der Waals surface area contributed by atoms with Crippen LogP contribution in [-0.4, -0.2) is 28.9 Å². The van der Waals surface area contributed by atoms with Gasteiger partial charge in [-0.05, 0) is 25.3 Å². The highest BCUT2D eigenvalue weighted by Gasteiger charge is 2.13. The Hall–Kier alpha value is -1.65. The highest BCUT2D eigenvalue weighted by molar-refractivity contribution is 5.93. The van der Waals surface area contributed by atoms with Gasteiger partial charge in [0, 0.05) is 19.3 Å². The second kappa shape index (κ2) is 4.25. The monoisotopic (exact) mass is 205 g/mol. The molecule has 1 aliphatic heterocycles. The normalized spacial score (nSPS) is 16.4. The molecule has 2 rings (SSSR count). The minimum absolute atomic E-state index is 0.00402. The summed E-state index contributed by atoms with van der Waals surface area (Å²) in [5.41, 5.74) is 5.89. The molecule has 5 heteroatoms. The predicted molar refractivity (Wildman–Crippen MR) is 59.1 cm³/mol. The molecule has 0 aliphatic carbocycles. The summed E-state index contributed by atoms with van der Waals surface area (Å²) in [7, 11) is 0. The van der Waals surface area contributed by atoms with E-state index >= 15 is 0 Å². The number of aromatic nitrogens is 2. The van der Waals surface area contributed by atoms with Gasteiger partial charge in [0.1, 0.15) is 11.5 Å². The minimum Gasteiger partial charge on any atom is -0.382 e. The first-order valence-electron chi connectivity index (χ1n) is 5.20.